The van der Waals surface area contributed by atoms with Gasteiger partial charge in [0, 0.05) is 24.2 Å². The Balaban J connectivity index is 2.34. The lowest BCUT2D eigenvalue weighted by molar-refractivity contribution is -0.157. The molecule has 0 radical (unpaired) electrons. The molecule has 5 nitrogen and oxygen atoms in total. The summed E-state index contributed by atoms with van der Waals surface area (Å²) in [5.41, 5.74) is 0.424. The first kappa shape index (κ1) is 15.4. The van der Waals surface area contributed by atoms with Gasteiger partial charge in [0.15, 0.2) is 0 Å². The molecule has 1 atom stereocenters. The van der Waals surface area contributed by atoms with Crippen LogP contribution in [0.1, 0.15) is 46.2 Å². The van der Waals surface area contributed by atoms with Crippen molar-refractivity contribution in [1.82, 2.24) is 10.2 Å². The molecule has 0 saturated heterocycles. The lowest BCUT2D eigenvalue weighted by atomic mass is 9.98. The fraction of sp³-hybridized carbons (Fsp3) is 0.643. The molecule has 0 aliphatic rings. The maximum absolute atomic E-state index is 11.9. The lowest BCUT2D eigenvalue weighted by Crippen LogP contribution is -2.26. The van der Waals surface area contributed by atoms with Crippen molar-refractivity contribution >= 4 is 11.8 Å². The molecular weight excluding hydrogens is 244 g/mol. The van der Waals surface area contributed by atoms with Crippen LogP contribution in [-0.4, -0.2) is 27.6 Å². The average molecular weight is 266 g/mol. The highest BCUT2D eigenvalue weighted by Crippen LogP contribution is 2.14. The molecule has 0 aliphatic carbocycles. The quantitative estimate of drug-likeness (QED) is 0.802. The number of carbonyl (C=O) groups excluding carboxylic acids is 2. The molecule has 0 aromatic carbocycles. The van der Waals surface area contributed by atoms with E-state index in [1.807, 2.05) is 26.8 Å². The number of carbonyl (C=O) groups is 2. The van der Waals surface area contributed by atoms with Crippen LogP contribution in [0.2, 0.25) is 0 Å². The van der Waals surface area contributed by atoms with E-state index in [9.17, 15) is 9.59 Å². The van der Waals surface area contributed by atoms with Crippen molar-refractivity contribution in [3.05, 3.63) is 18.0 Å². The third-order valence-electron chi connectivity index (χ3n) is 2.64. The van der Waals surface area contributed by atoms with Gasteiger partial charge in [0.1, 0.15) is 11.4 Å². The Labute approximate surface area is 113 Å². The van der Waals surface area contributed by atoms with Gasteiger partial charge in [0.25, 0.3) is 0 Å². The monoisotopic (exact) mass is 266 g/mol. The number of H-pyrrole nitrogens is 1. The van der Waals surface area contributed by atoms with Crippen LogP contribution < -0.4 is 0 Å². The van der Waals surface area contributed by atoms with Gasteiger partial charge in [-0.2, -0.15) is 5.10 Å². The first-order chi connectivity index (χ1) is 8.78. The Bertz CT molecular complexity index is 418. The summed E-state index contributed by atoms with van der Waals surface area (Å²) in [5, 5.41) is 6.63. The number of aromatic amines is 1. The van der Waals surface area contributed by atoms with Gasteiger partial charge < -0.3 is 4.74 Å². The van der Waals surface area contributed by atoms with Crippen molar-refractivity contribution in [2.45, 2.75) is 52.6 Å². The third-order valence-corrected chi connectivity index (χ3v) is 2.64. The lowest BCUT2D eigenvalue weighted by Gasteiger charge is -2.20. The molecule has 0 saturated carbocycles. The Morgan fingerprint density at radius 2 is 2.11 bits per heavy atom. The summed E-state index contributed by atoms with van der Waals surface area (Å²) in [6.45, 7) is 7.21. The summed E-state index contributed by atoms with van der Waals surface area (Å²) < 4.78 is 5.20. The fourth-order valence-corrected chi connectivity index (χ4v) is 1.68. The highest BCUT2D eigenvalue weighted by molar-refractivity contribution is 5.85. The predicted molar refractivity (Wildman–Crippen MR) is 71.5 cm³/mol. The molecule has 1 N–H and O–H groups in total. The number of rotatable bonds is 6. The van der Waals surface area contributed by atoms with Crippen molar-refractivity contribution < 1.29 is 14.3 Å². The third kappa shape index (κ3) is 6.18. The van der Waals surface area contributed by atoms with Crippen molar-refractivity contribution in [3.63, 3.8) is 0 Å². The minimum absolute atomic E-state index is 0.0699. The molecule has 1 aromatic rings. The number of ketones is 1. The molecule has 0 fully saturated rings. The van der Waals surface area contributed by atoms with Crippen LogP contribution >= 0.6 is 0 Å². The summed E-state index contributed by atoms with van der Waals surface area (Å²) in [6.07, 6.45) is 2.83. The van der Waals surface area contributed by atoms with Crippen LogP contribution in [0, 0.1) is 5.92 Å². The Hall–Kier alpha value is -1.65. The van der Waals surface area contributed by atoms with Crippen LogP contribution in [-0.2, 0) is 20.7 Å². The van der Waals surface area contributed by atoms with Crippen LogP contribution in [0.5, 0.6) is 0 Å². The zero-order valence-corrected chi connectivity index (χ0v) is 12.0. The number of hydrogen-bond acceptors (Lipinski definition) is 4. The molecule has 5 heteroatoms. The molecule has 1 heterocycles. The molecule has 0 aliphatic heterocycles. The Morgan fingerprint density at radius 1 is 1.42 bits per heavy atom. The van der Waals surface area contributed by atoms with Gasteiger partial charge in [-0.25, -0.2) is 0 Å². The summed E-state index contributed by atoms with van der Waals surface area (Å²) in [5.74, 6) is -0.562. The minimum Gasteiger partial charge on any atom is -0.460 e. The van der Waals surface area contributed by atoms with Gasteiger partial charge in [0.2, 0.25) is 0 Å². The van der Waals surface area contributed by atoms with Crippen molar-refractivity contribution in [2.75, 3.05) is 0 Å². The number of nitrogens with zero attached hydrogens (tertiary/aromatic N) is 1. The molecular formula is C14H22N2O3. The molecule has 1 rings (SSSR count). The Kier molecular flexibility index (Phi) is 5.27. The van der Waals surface area contributed by atoms with Crippen molar-refractivity contribution in [1.29, 1.82) is 0 Å². The number of Topliss-reactive ketones (excluding diaryl/α,β-unsaturated/α-hetero) is 1. The van der Waals surface area contributed by atoms with Crippen LogP contribution in [0.4, 0.5) is 0 Å². The van der Waals surface area contributed by atoms with Crippen LogP contribution in [0.15, 0.2) is 12.3 Å². The van der Waals surface area contributed by atoms with E-state index in [1.54, 1.807) is 13.1 Å². The van der Waals surface area contributed by atoms with E-state index >= 15 is 0 Å². The summed E-state index contributed by atoms with van der Waals surface area (Å²) in [4.78, 5) is 23.5. The van der Waals surface area contributed by atoms with Gasteiger partial charge in [-0.15, -0.1) is 0 Å². The SMILES string of the molecule is C[C@H](CC(=O)OC(C)(C)C)C(=O)CCc1ccn[nH]1. The number of nitrogens with one attached hydrogen (secondary N) is 1. The maximum Gasteiger partial charge on any atom is 0.307 e. The molecule has 0 unspecified atom stereocenters. The number of aromatic nitrogens is 2. The zero-order chi connectivity index (χ0) is 14.5. The molecule has 106 valence electrons. The van der Waals surface area contributed by atoms with E-state index in [-0.39, 0.29) is 24.1 Å². The minimum atomic E-state index is -0.504. The van der Waals surface area contributed by atoms with Gasteiger partial charge in [0.05, 0.1) is 6.42 Å². The second-order valence-corrected chi connectivity index (χ2v) is 5.74. The fourth-order valence-electron chi connectivity index (χ4n) is 1.68. The van der Waals surface area contributed by atoms with Crippen LogP contribution in [0.25, 0.3) is 0 Å². The molecule has 0 bridgehead atoms. The average Bonchev–Trinajstić information content (AvgIpc) is 2.75. The number of ether oxygens (including phenoxy) is 1. The van der Waals surface area contributed by atoms with Crippen LogP contribution in [0.3, 0.4) is 0 Å². The number of esters is 1. The smallest absolute Gasteiger partial charge is 0.307 e. The van der Waals surface area contributed by atoms with Gasteiger partial charge in [-0.05, 0) is 33.3 Å². The molecule has 0 spiro atoms. The van der Waals surface area contributed by atoms with E-state index in [4.69, 9.17) is 4.74 Å². The van der Waals surface area contributed by atoms with E-state index in [1.165, 1.54) is 0 Å². The zero-order valence-electron chi connectivity index (χ0n) is 12.0. The molecule has 0 amide bonds. The number of aryl methyl sites for hydroxylation is 1. The maximum atomic E-state index is 11.9. The second kappa shape index (κ2) is 6.50. The van der Waals surface area contributed by atoms with Crippen molar-refractivity contribution in [2.24, 2.45) is 5.92 Å². The number of hydrogen-bond donors (Lipinski definition) is 1. The van der Waals surface area contributed by atoms with E-state index in [0.29, 0.717) is 12.8 Å². The molecule has 1 aromatic heterocycles. The van der Waals surface area contributed by atoms with E-state index < -0.39 is 5.60 Å². The highest BCUT2D eigenvalue weighted by Gasteiger charge is 2.21. The summed E-state index contributed by atoms with van der Waals surface area (Å²) in [6, 6.07) is 1.84. The summed E-state index contributed by atoms with van der Waals surface area (Å²) in [7, 11) is 0. The topological polar surface area (TPSA) is 72.1 Å². The first-order valence-corrected chi connectivity index (χ1v) is 6.51. The van der Waals surface area contributed by atoms with Gasteiger partial charge in [-0.1, -0.05) is 6.92 Å². The van der Waals surface area contributed by atoms with E-state index in [2.05, 4.69) is 10.2 Å². The van der Waals surface area contributed by atoms with Gasteiger partial charge >= 0.3 is 5.97 Å². The predicted octanol–water partition coefficient (Wildman–Crippen LogP) is 2.28. The normalized spacial score (nSPS) is 13.1. The second-order valence-electron chi connectivity index (χ2n) is 5.74. The summed E-state index contributed by atoms with van der Waals surface area (Å²) >= 11 is 0. The van der Waals surface area contributed by atoms with Crippen molar-refractivity contribution in [3.8, 4) is 0 Å². The molecule has 19 heavy (non-hydrogen) atoms. The van der Waals surface area contributed by atoms with E-state index in [0.717, 1.165) is 5.69 Å². The standard InChI is InChI=1S/C14H22N2O3/c1-10(9-13(18)19-14(2,3)4)12(17)6-5-11-7-8-15-16-11/h7-8,10H,5-6,9H2,1-4H3,(H,15,16)/t10-/m1/s1. The Morgan fingerprint density at radius 3 is 2.63 bits per heavy atom. The first-order valence-electron chi connectivity index (χ1n) is 6.51. The largest absolute Gasteiger partial charge is 0.460 e. The highest BCUT2D eigenvalue weighted by atomic mass is 16.6. The van der Waals surface area contributed by atoms with Gasteiger partial charge in [-0.3, -0.25) is 14.7 Å².